The second kappa shape index (κ2) is 6.39. The molecule has 1 aromatic carbocycles. The van der Waals surface area contributed by atoms with Gasteiger partial charge in [-0.2, -0.15) is 0 Å². The molecule has 0 aliphatic rings. The minimum atomic E-state index is -3.34. The van der Waals surface area contributed by atoms with Crippen molar-refractivity contribution in [3.63, 3.8) is 0 Å². The Morgan fingerprint density at radius 2 is 2.11 bits per heavy atom. The van der Waals surface area contributed by atoms with E-state index in [0.29, 0.717) is 17.0 Å². The average Bonchev–Trinajstić information content (AvgIpc) is 2.38. The fourth-order valence-electron chi connectivity index (χ4n) is 1.39. The molecule has 0 aromatic heterocycles. The molecule has 0 aliphatic heterocycles. The van der Waals surface area contributed by atoms with Gasteiger partial charge in [-0.3, -0.25) is 4.79 Å². The standard InChI is InChI=1S/C11H17N3O4S/c1-13-19(16,17)6-5-14-11(15)9-4-3-8(12)7-10(9)18-2/h3-4,7,13H,5-6,12H2,1-2H3,(H,14,15). The number of nitrogens with two attached hydrogens (primary N) is 1. The molecule has 0 unspecified atom stereocenters. The number of rotatable bonds is 6. The first-order chi connectivity index (χ1) is 8.89. The number of sulfonamides is 1. The summed E-state index contributed by atoms with van der Waals surface area (Å²) in [5, 5.41) is 2.50. The van der Waals surface area contributed by atoms with Crippen LogP contribution in [0.5, 0.6) is 5.75 Å². The third-order valence-electron chi connectivity index (χ3n) is 2.44. The first kappa shape index (κ1) is 15.3. The van der Waals surface area contributed by atoms with Crippen molar-refractivity contribution in [1.29, 1.82) is 0 Å². The van der Waals surface area contributed by atoms with E-state index in [9.17, 15) is 13.2 Å². The van der Waals surface area contributed by atoms with Crippen molar-refractivity contribution in [3.8, 4) is 5.75 Å². The number of anilines is 1. The zero-order valence-corrected chi connectivity index (χ0v) is 11.6. The van der Waals surface area contributed by atoms with Crippen LogP contribution < -0.4 is 20.5 Å². The normalized spacial score (nSPS) is 11.1. The predicted molar refractivity (Wildman–Crippen MR) is 72.6 cm³/mol. The van der Waals surface area contributed by atoms with Gasteiger partial charge in [-0.15, -0.1) is 0 Å². The Labute approximate surface area is 112 Å². The van der Waals surface area contributed by atoms with Gasteiger partial charge in [0, 0.05) is 18.3 Å². The summed E-state index contributed by atoms with van der Waals surface area (Å²) in [6.45, 7) is 0.00946. The van der Waals surface area contributed by atoms with Crippen LogP contribution in [0.1, 0.15) is 10.4 Å². The Hall–Kier alpha value is -1.80. The van der Waals surface area contributed by atoms with Crippen LogP contribution in [0.2, 0.25) is 0 Å². The van der Waals surface area contributed by atoms with Crippen LogP contribution in [0.15, 0.2) is 18.2 Å². The van der Waals surface area contributed by atoms with E-state index in [1.807, 2.05) is 0 Å². The van der Waals surface area contributed by atoms with Crippen molar-refractivity contribution in [3.05, 3.63) is 23.8 Å². The minimum Gasteiger partial charge on any atom is -0.496 e. The Balaban J connectivity index is 2.69. The molecule has 0 aliphatic carbocycles. The monoisotopic (exact) mass is 287 g/mol. The number of benzene rings is 1. The molecule has 4 N–H and O–H groups in total. The molecule has 1 rings (SSSR count). The van der Waals surface area contributed by atoms with Crippen LogP contribution in [0, 0.1) is 0 Å². The molecule has 0 spiro atoms. The average molecular weight is 287 g/mol. The first-order valence-corrected chi connectivity index (χ1v) is 7.18. The van der Waals surface area contributed by atoms with Crippen molar-refractivity contribution in [1.82, 2.24) is 10.0 Å². The molecule has 0 saturated heterocycles. The molecule has 19 heavy (non-hydrogen) atoms. The van der Waals surface area contributed by atoms with Crippen LogP contribution in [-0.2, 0) is 10.0 Å². The molecule has 7 nitrogen and oxygen atoms in total. The zero-order valence-electron chi connectivity index (χ0n) is 10.8. The van der Waals surface area contributed by atoms with Crippen molar-refractivity contribution in [2.45, 2.75) is 0 Å². The largest absolute Gasteiger partial charge is 0.496 e. The Morgan fingerprint density at radius 1 is 1.42 bits per heavy atom. The summed E-state index contributed by atoms with van der Waals surface area (Å²) < 4.78 is 29.6. The summed E-state index contributed by atoms with van der Waals surface area (Å²) in [7, 11) is -0.589. The van der Waals surface area contributed by atoms with Gasteiger partial charge < -0.3 is 15.8 Å². The van der Waals surface area contributed by atoms with E-state index in [1.165, 1.54) is 26.3 Å². The van der Waals surface area contributed by atoms with E-state index in [1.54, 1.807) is 6.07 Å². The lowest BCUT2D eigenvalue weighted by Gasteiger charge is -2.10. The topological polar surface area (TPSA) is 111 Å². The molecule has 106 valence electrons. The van der Waals surface area contributed by atoms with Crippen molar-refractivity contribution < 1.29 is 17.9 Å². The van der Waals surface area contributed by atoms with E-state index in [2.05, 4.69) is 10.0 Å². The van der Waals surface area contributed by atoms with Gasteiger partial charge >= 0.3 is 0 Å². The lowest BCUT2D eigenvalue weighted by atomic mass is 10.1. The number of methoxy groups -OCH3 is 1. The third kappa shape index (κ3) is 4.42. The Bertz CT molecular complexity index is 557. The highest BCUT2D eigenvalue weighted by atomic mass is 32.2. The minimum absolute atomic E-state index is 0.00946. The maximum atomic E-state index is 11.9. The number of carbonyl (C=O) groups is 1. The third-order valence-corrected chi connectivity index (χ3v) is 3.80. The molecular formula is C11H17N3O4S. The lowest BCUT2D eigenvalue weighted by molar-refractivity contribution is 0.0953. The summed E-state index contributed by atoms with van der Waals surface area (Å²) in [6, 6.07) is 4.62. The van der Waals surface area contributed by atoms with Crippen LogP contribution in [0.4, 0.5) is 5.69 Å². The van der Waals surface area contributed by atoms with Crippen LogP contribution in [0.3, 0.4) is 0 Å². The maximum absolute atomic E-state index is 11.9. The fraction of sp³-hybridized carbons (Fsp3) is 0.364. The van der Waals surface area contributed by atoms with E-state index in [0.717, 1.165) is 0 Å². The number of nitrogen functional groups attached to an aromatic ring is 1. The number of nitrogens with one attached hydrogen (secondary N) is 2. The molecular weight excluding hydrogens is 270 g/mol. The second-order valence-corrected chi connectivity index (χ2v) is 5.78. The first-order valence-electron chi connectivity index (χ1n) is 5.52. The number of amides is 1. The number of hydrogen-bond donors (Lipinski definition) is 3. The highest BCUT2D eigenvalue weighted by Crippen LogP contribution is 2.21. The van der Waals surface area contributed by atoms with Crippen molar-refractivity contribution in [2.24, 2.45) is 0 Å². The molecule has 0 saturated carbocycles. The van der Waals surface area contributed by atoms with Crippen LogP contribution in [0.25, 0.3) is 0 Å². The Kier molecular flexibility index (Phi) is 5.13. The van der Waals surface area contributed by atoms with Crippen LogP contribution in [-0.4, -0.2) is 40.8 Å². The highest BCUT2D eigenvalue weighted by Gasteiger charge is 2.13. The number of carbonyl (C=O) groups excluding carboxylic acids is 1. The van der Waals surface area contributed by atoms with Gasteiger partial charge in [0.1, 0.15) is 5.75 Å². The molecule has 0 atom stereocenters. The molecule has 0 heterocycles. The Morgan fingerprint density at radius 3 is 2.68 bits per heavy atom. The fourth-order valence-corrected chi connectivity index (χ4v) is 1.97. The van der Waals surface area contributed by atoms with Crippen molar-refractivity contribution >= 4 is 21.6 Å². The van der Waals surface area contributed by atoms with Gasteiger partial charge in [0.05, 0.1) is 18.4 Å². The summed E-state index contributed by atoms with van der Waals surface area (Å²) in [5.41, 5.74) is 6.36. The van der Waals surface area contributed by atoms with E-state index >= 15 is 0 Å². The SMILES string of the molecule is CNS(=O)(=O)CCNC(=O)c1ccc(N)cc1OC. The molecule has 0 radical (unpaired) electrons. The molecule has 0 fully saturated rings. The van der Waals surface area contributed by atoms with Gasteiger partial charge in [-0.25, -0.2) is 13.1 Å². The molecule has 1 amide bonds. The van der Waals surface area contributed by atoms with Gasteiger partial charge in [0.2, 0.25) is 10.0 Å². The van der Waals surface area contributed by atoms with Crippen molar-refractivity contribution in [2.75, 3.05) is 32.2 Å². The quantitative estimate of drug-likeness (QED) is 0.614. The smallest absolute Gasteiger partial charge is 0.255 e. The number of hydrogen-bond acceptors (Lipinski definition) is 5. The number of ether oxygens (including phenoxy) is 1. The van der Waals surface area contributed by atoms with Gasteiger partial charge in [-0.05, 0) is 19.2 Å². The molecule has 0 bridgehead atoms. The molecule has 1 aromatic rings. The maximum Gasteiger partial charge on any atom is 0.255 e. The van der Waals surface area contributed by atoms with Crippen LogP contribution >= 0.6 is 0 Å². The predicted octanol–water partition coefficient (Wildman–Crippen LogP) is -0.444. The van der Waals surface area contributed by atoms with Gasteiger partial charge in [-0.1, -0.05) is 0 Å². The summed E-state index contributed by atoms with van der Waals surface area (Å²) in [4.78, 5) is 11.9. The van der Waals surface area contributed by atoms with E-state index in [-0.39, 0.29) is 12.3 Å². The van der Waals surface area contributed by atoms with Gasteiger partial charge in [0.15, 0.2) is 0 Å². The highest BCUT2D eigenvalue weighted by molar-refractivity contribution is 7.89. The van der Waals surface area contributed by atoms with Gasteiger partial charge in [0.25, 0.3) is 5.91 Å². The second-order valence-electron chi connectivity index (χ2n) is 3.74. The molecule has 8 heteroatoms. The zero-order chi connectivity index (χ0) is 14.5. The van der Waals surface area contributed by atoms with E-state index < -0.39 is 15.9 Å². The van der Waals surface area contributed by atoms with E-state index in [4.69, 9.17) is 10.5 Å². The summed E-state index contributed by atoms with van der Waals surface area (Å²) in [6.07, 6.45) is 0. The summed E-state index contributed by atoms with van der Waals surface area (Å²) >= 11 is 0. The lowest BCUT2D eigenvalue weighted by Crippen LogP contribution is -2.33. The summed E-state index contributed by atoms with van der Waals surface area (Å²) in [5.74, 6) is -0.260.